The van der Waals surface area contributed by atoms with E-state index >= 15 is 0 Å². The van der Waals surface area contributed by atoms with E-state index in [-0.39, 0.29) is 11.9 Å². The zero-order chi connectivity index (χ0) is 14.5. The largest absolute Gasteiger partial charge is 0.496 e. The number of benzene rings is 1. The van der Waals surface area contributed by atoms with E-state index in [9.17, 15) is 5.11 Å². The molecule has 0 spiro atoms. The Balaban J connectivity index is 1.94. The molecule has 6 heteroatoms. The third kappa shape index (κ3) is 3.61. The molecule has 1 saturated carbocycles. The lowest BCUT2D eigenvalue weighted by molar-refractivity contribution is 0.148. The third-order valence-electron chi connectivity index (χ3n) is 3.50. The standard InChI is InChI=1S/C14H21N3O3/c1-20-13-6-9(2-5-11(13)14(15)17-19)7-16-8-12(18)10-3-4-10/h2,5-6,10,12,16,18-19H,3-4,7-8H2,1H3,(H2,15,17). The van der Waals surface area contributed by atoms with Gasteiger partial charge in [-0.3, -0.25) is 0 Å². The van der Waals surface area contributed by atoms with E-state index in [0.29, 0.717) is 30.3 Å². The van der Waals surface area contributed by atoms with Crippen LogP contribution in [0.1, 0.15) is 24.0 Å². The lowest BCUT2D eigenvalue weighted by atomic mass is 10.1. The van der Waals surface area contributed by atoms with Crippen molar-refractivity contribution in [1.29, 1.82) is 0 Å². The number of methoxy groups -OCH3 is 1. The van der Waals surface area contributed by atoms with Gasteiger partial charge in [-0.25, -0.2) is 0 Å². The molecule has 0 radical (unpaired) electrons. The van der Waals surface area contributed by atoms with Crippen LogP contribution in [-0.4, -0.2) is 35.9 Å². The van der Waals surface area contributed by atoms with Gasteiger partial charge in [0.2, 0.25) is 0 Å². The minimum atomic E-state index is -0.256. The zero-order valence-corrected chi connectivity index (χ0v) is 11.5. The van der Waals surface area contributed by atoms with Crippen LogP contribution >= 0.6 is 0 Å². The summed E-state index contributed by atoms with van der Waals surface area (Å²) in [5, 5.41) is 24.7. The SMILES string of the molecule is COc1cc(CNCC(O)C2CC2)ccc1/C(N)=N/O. The molecule has 1 aliphatic carbocycles. The Bertz CT molecular complexity index is 487. The average Bonchev–Trinajstić information content (AvgIpc) is 3.30. The number of amidine groups is 1. The summed E-state index contributed by atoms with van der Waals surface area (Å²) in [6.45, 7) is 1.23. The molecule has 1 fully saturated rings. The van der Waals surface area contributed by atoms with Gasteiger partial charge in [-0.2, -0.15) is 0 Å². The van der Waals surface area contributed by atoms with Crippen molar-refractivity contribution in [3.63, 3.8) is 0 Å². The number of aliphatic hydroxyl groups excluding tert-OH is 1. The Morgan fingerprint density at radius 2 is 2.30 bits per heavy atom. The zero-order valence-electron chi connectivity index (χ0n) is 11.5. The van der Waals surface area contributed by atoms with E-state index in [0.717, 1.165) is 18.4 Å². The Morgan fingerprint density at radius 3 is 2.90 bits per heavy atom. The highest BCUT2D eigenvalue weighted by atomic mass is 16.5. The van der Waals surface area contributed by atoms with Crippen molar-refractivity contribution in [3.05, 3.63) is 29.3 Å². The van der Waals surface area contributed by atoms with Crippen LogP contribution < -0.4 is 15.8 Å². The lowest BCUT2D eigenvalue weighted by Crippen LogP contribution is -2.27. The molecule has 1 atom stereocenters. The quantitative estimate of drug-likeness (QED) is 0.254. The molecule has 0 amide bonds. The second-order valence-electron chi connectivity index (χ2n) is 5.06. The van der Waals surface area contributed by atoms with E-state index in [4.69, 9.17) is 15.7 Å². The number of hydrogen-bond donors (Lipinski definition) is 4. The van der Waals surface area contributed by atoms with E-state index in [1.807, 2.05) is 12.1 Å². The summed E-state index contributed by atoms with van der Waals surface area (Å²) in [5.74, 6) is 1.05. The number of rotatable bonds is 7. The number of ether oxygens (including phenoxy) is 1. The van der Waals surface area contributed by atoms with Crippen LogP contribution in [0.4, 0.5) is 0 Å². The summed E-state index contributed by atoms with van der Waals surface area (Å²) in [7, 11) is 1.54. The van der Waals surface area contributed by atoms with Gasteiger partial charge in [0.25, 0.3) is 0 Å². The molecule has 1 unspecified atom stereocenters. The van der Waals surface area contributed by atoms with E-state index in [1.54, 1.807) is 6.07 Å². The molecule has 1 aromatic carbocycles. The number of nitrogens with zero attached hydrogens (tertiary/aromatic N) is 1. The lowest BCUT2D eigenvalue weighted by Gasteiger charge is -2.12. The van der Waals surface area contributed by atoms with Crippen molar-refractivity contribution in [2.45, 2.75) is 25.5 Å². The molecule has 5 N–H and O–H groups in total. The highest BCUT2D eigenvalue weighted by molar-refractivity contribution is 5.99. The average molecular weight is 279 g/mol. The summed E-state index contributed by atoms with van der Waals surface area (Å²) >= 11 is 0. The third-order valence-corrected chi connectivity index (χ3v) is 3.50. The van der Waals surface area contributed by atoms with Crippen molar-refractivity contribution in [1.82, 2.24) is 5.32 Å². The van der Waals surface area contributed by atoms with Gasteiger partial charge in [0.15, 0.2) is 5.84 Å². The Hall–Kier alpha value is -1.79. The fourth-order valence-electron chi connectivity index (χ4n) is 2.12. The van der Waals surface area contributed by atoms with Gasteiger partial charge >= 0.3 is 0 Å². The van der Waals surface area contributed by atoms with Crippen LogP contribution in [0.5, 0.6) is 5.75 Å². The number of nitrogens with two attached hydrogens (primary N) is 1. The van der Waals surface area contributed by atoms with E-state index in [2.05, 4.69) is 10.5 Å². The predicted octanol–water partition coefficient (Wildman–Crippen LogP) is 0.650. The topological polar surface area (TPSA) is 100 Å². The minimum absolute atomic E-state index is 0.0190. The second-order valence-corrected chi connectivity index (χ2v) is 5.06. The van der Waals surface area contributed by atoms with Gasteiger partial charge in [0.05, 0.1) is 18.8 Å². The van der Waals surface area contributed by atoms with Crippen LogP contribution in [0, 0.1) is 5.92 Å². The first-order valence-electron chi connectivity index (χ1n) is 6.69. The molecule has 110 valence electrons. The Morgan fingerprint density at radius 1 is 1.55 bits per heavy atom. The van der Waals surface area contributed by atoms with E-state index < -0.39 is 0 Å². The molecule has 1 aliphatic rings. The van der Waals surface area contributed by atoms with Crippen molar-refractivity contribution in [3.8, 4) is 5.75 Å². The molecule has 0 saturated heterocycles. The number of oxime groups is 1. The molecular formula is C14H21N3O3. The number of aliphatic hydroxyl groups is 1. The van der Waals surface area contributed by atoms with Crippen molar-refractivity contribution in [2.75, 3.05) is 13.7 Å². The maximum absolute atomic E-state index is 9.77. The van der Waals surface area contributed by atoms with Gasteiger partial charge in [0, 0.05) is 13.1 Å². The fourth-order valence-corrected chi connectivity index (χ4v) is 2.12. The van der Waals surface area contributed by atoms with Crippen molar-refractivity contribution in [2.24, 2.45) is 16.8 Å². The Kier molecular flexibility index (Phi) is 4.81. The number of hydrogen-bond acceptors (Lipinski definition) is 5. The summed E-state index contributed by atoms with van der Waals surface area (Å²) in [6, 6.07) is 5.47. The number of nitrogens with one attached hydrogen (secondary N) is 1. The predicted molar refractivity (Wildman–Crippen MR) is 75.9 cm³/mol. The maximum atomic E-state index is 9.77. The first-order chi connectivity index (χ1) is 9.65. The molecule has 0 bridgehead atoms. The van der Waals surface area contributed by atoms with Crippen LogP contribution in [-0.2, 0) is 6.54 Å². The first-order valence-corrected chi connectivity index (χ1v) is 6.69. The minimum Gasteiger partial charge on any atom is -0.496 e. The first kappa shape index (κ1) is 14.6. The Labute approximate surface area is 118 Å². The van der Waals surface area contributed by atoms with Gasteiger partial charge in [-0.15, -0.1) is 0 Å². The molecule has 1 aromatic rings. The van der Waals surface area contributed by atoms with Crippen LogP contribution in [0.3, 0.4) is 0 Å². The highest BCUT2D eigenvalue weighted by Gasteiger charge is 2.29. The summed E-state index contributed by atoms with van der Waals surface area (Å²) in [6.07, 6.45) is 2.00. The van der Waals surface area contributed by atoms with Crippen LogP contribution in [0.15, 0.2) is 23.4 Å². The molecule has 0 heterocycles. The summed E-state index contributed by atoms with van der Waals surface area (Å²) < 4.78 is 5.24. The van der Waals surface area contributed by atoms with Crippen LogP contribution in [0.25, 0.3) is 0 Å². The van der Waals surface area contributed by atoms with Gasteiger partial charge in [0.1, 0.15) is 5.75 Å². The normalized spacial score (nSPS) is 17.0. The van der Waals surface area contributed by atoms with Crippen LogP contribution in [0.2, 0.25) is 0 Å². The van der Waals surface area contributed by atoms with E-state index in [1.165, 1.54) is 7.11 Å². The summed E-state index contributed by atoms with van der Waals surface area (Å²) in [4.78, 5) is 0. The summed E-state index contributed by atoms with van der Waals surface area (Å²) in [5.41, 5.74) is 7.14. The fraction of sp³-hybridized carbons (Fsp3) is 0.500. The smallest absolute Gasteiger partial charge is 0.173 e. The van der Waals surface area contributed by atoms with Gasteiger partial charge < -0.3 is 26.1 Å². The maximum Gasteiger partial charge on any atom is 0.173 e. The molecule has 0 aromatic heterocycles. The van der Waals surface area contributed by atoms with Gasteiger partial charge in [-0.1, -0.05) is 11.2 Å². The molecule has 0 aliphatic heterocycles. The second kappa shape index (κ2) is 6.58. The van der Waals surface area contributed by atoms with Crippen molar-refractivity contribution < 1.29 is 15.1 Å². The molecule has 2 rings (SSSR count). The molecule has 6 nitrogen and oxygen atoms in total. The van der Waals surface area contributed by atoms with Gasteiger partial charge in [-0.05, 0) is 36.5 Å². The van der Waals surface area contributed by atoms with Crippen molar-refractivity contribution >= 4 is 5.84 Å². The monoisotopic (exact) mass is 279 g/mol. The molecule has 20 heavy (non-hydrogen) atoms. The highest BCUT2D eigenvalue weighted by Crippen LogP contribution is 2.32. The molecular weight excluding hydrogens is 258 g/mol.